The van der Waals surface area contributed by atoms with Crippen LogP contribution < -0.4 is 15.8 Å². The number of fused-ring (bicyclic) bond motifs is 1. The third-order valence-corrected chi connectivity index (χ3v) is 10.2. The number of hydrogen-bond acceptors (Lipinski definition) is 2. The van der Waals surface area contributed by atoms with Crippen molar-refractivity contribution in [3.8, 4) is 0 Å². The molecule has 28 heavy (non-hydrogen) atoms. The Balaban J connectivity index is 1.62. The van der Waals surface area contributed by atoms with Gasteiger partial charge in [0.15, 0.2) is 0 Å². The van der Waals surface area contributed by atoms with Gasteiger partial charge in [-0.3, -0.25) is 0 Å². The lowest BCUT2D eigenvalue weighted by Crippen LogP contribution is -2.53. The molecule has 0 aliphatic carbocycles. The van der Waals surface area contributed by atoms with E-state index in [1.807, 2.05) is 0 Å². The van der Waals surface area contributed by atoms with Crippen LogP contribution in [0.2, 0.25) is 13.1 Å². The first-order valence-electron chi connectivity index (χ1n) is 10.1. The second-order valence-corrected chi connectivity index (χ2v) is 13.8. The summed E-state index contributed by atoms with van der Waals surface area (Å²) < 4.78 is 12.4. The minimum atomic E-state index is -1.77. The first kappa shape index (κ1) is 19.4. The van der Waals surface area contributed by atoms with Crippen molar-refractivity contribution in [1.82, 2.24) is 0 Å². The van der Waals surface area contributed by atoms with Gasteiger partial charge in [0, 0.05) is 0 Å². The maximum atomic E-state index is 6.20. The van der Waals surface area contributed by atoms with Gasteiger partial charge in [-0.2, -0.15) is 0 Å². The summed E-state index contributed by atoms with van der Waals surface area (Å²) in [5.41, 5.74) is 0.468. The molecule has 0 aromatic heterocycles. The van der Waals surface area contributed by atoms with E-state index in [1.165, 1.54) is 21.1 Å². The molecule has 1 aliphatic rings. The van der Waals surface area contributed by atoms with Crippen LogP contribution in [0.3, 0.4) is 0 Å². The summed E-state index contributed by atoms with van der Waals surface area (Å²) >= 11 is 0. The molecule has 1 saturated heterocycles. The van der Waals surface area contributed by atoms with E-state index in [4.69, 9.17) is 9.31 Å². The van der Waals surface area contributed by atoms with Crippen molar-refractivity contribution in [3.05, 3.63) is 66.7 Å². The summed E-state index contributed by atoms with van der Waals surface area (Å²) in [6, 6.07) is 24.4. The summed E-state index contributed by atoms with van der Waals surface area (Å²) in [6.45, 7) is 13.2. The van der Waals surface area contributed by atoms with Gasteiger partial charge in [-0.25, -0.2) is 0 Å². The topological polar surface area (TPSA) is 18.5 Å². The van der Waals surface area contributed by atoms with Crippen molar-refractivity contribution in [2.45, 2.75) is 52.0 Å². The van der Waals surface area contributed by atoms with Crippen LogP contribution in [-0.4, -0.2) is 26.4 Å². The molecule has 1 heterocycles. The summed E-state index contributed by atoms with van der Waals surface area (Å²) in [7, 11) is -2.07. The molecule has 0 atom stereocenters. The Labute approximate surface area is 170 Å². The van der Waals surface area contributed by atoms with E-state index in [-0.39, 0.29) is 18.3 Å². The molecule has 0 bridgehead atoms. The molecule has 0 unspecified atom stereocenters. The maximum absolute atomic E-state index is 6.20. The predicted octanol–water partition coefficient (Wildman–Crippen LogP) is 3.96. The van der Waals surface area contributed by atoms with Crippen LogP contribution in [-0.2, 0) is 9.31 Å². The van der Waals surface area contributed by atoms with Crippen molar-refractivity contribution in [1.29, 1.82) is 0 Å². The SMILES string of the molecule is CC1(C)OB(c2ccc([Si](C)(C)c3ccc4ccccc4c3)cc2)OC1(C)C. The molecule has 3 aromatic carbocycles. The molecule has 1 fully saturated rings. The minimum Gasteiger partial charge on any atom is -0.399 e. The van der Waals surface area contributed by atoms with Crippen LogP contribution in [0.25, 0.3) is 10.8 Å². The summed E-state index contributed by atoms with van der Waals surface area (Å²) in [5.74, 6) is 0. The molecule has 0 N–H and O–H groups in total. The monoisotopic (exact) mass is 388 g/mol. The largest absolute Gasteiger partial charge is 0.494 e. The lowest BCUT2D eigenvalue weighted by atomic mass is 9.79. The highest BCUT2D eigenvalue weighted by Crippen LogP contribution is 2.36. The second-order valence-electron chi connectivity index (χ2n) is 9.40. The van der Waals surface area contributed by atoms with Crippen LogP contribution in [0.15, 0.2) is 66.7 Å². The van der Waals surface area contributed by atoms with Gasteiger partial charge >= 0.3 is 7.12 Å². The van der Waals surface area contributed by atoms with Crippen molar-refractivity contribution in [2.24, 2.45) is 0 Å². The van der Waals surface area contributed by atoms with Crippen LogP contribution in [0, 0.1) is 0 Å². The number of hydrogen-bond donors (Lipinski definition) is 0. The third kappa shape index (κ3) is 3.24. The number of rotatable bonds is 3. The van der Waals surface area contributed by atoms with Gasteiger partial charge < -0.3 is 9.31 Å². The Kier molecular flexibility index (Phi) is 4.57. The number of benzene rings is 3. The highest BCUT2D eigenvalue weighted by molar-refractivity contribution is 7.00. The first-order valence-corrected chi connectivity index (χ1v) is 13.1. The van der Waals surface area contributed by atoms with Gasteiger partial charge in [0.2, 0.25) is 0 Å². The fraction of sp³-hybridized carbons (Fsp3) is 0.333. The lowest BCUT2D eigenvalue weighted by molar-refractivity contribution is 0.00578. The molecule has 0 radical (unpaired) electrons. The Hall–Kier alpha value is -1.88. The fourth-order valence-corrected chi connectivity index (χ4v) is 6.13. The predicted molar refractivity (Wildman–Crippen MR) is 123 cm³/mol. The van der Waals surface area contributed by atoms with E-state index < -0.39 is 8.07 Å². The summed E-state index contributed by atoms with van der Waals surface area (Å²) in [6.07, 6.45) is 0. The van der Waals surface area contributed by atoms with Crippen molar-refractivity contribution >= 4 is 41.8 Å². The molecule has 0 spiro atoms. The molecule has 1 aliphatic heterocycles. The Morgan fingerprint density at radius 1 is 0.679 bits per heavy atom. The van der Waals surface area contributed by atoms with E-state index in [0.717, 1.165) is 5.46 Å². The lowest BCUT2D eigenvalue weighted by Gasteiger charge is -2.32. The zero-order chi connectivity index (χ0) is 20.2. The molecule has 0 saturated carbocycles. The fourth-order valence-electron chi connectivity index (χ4n) is 3.78. The highest BCUT2D eigenvalue weighted by atomic mass is 28.3. The van der Waals surface area contributed by atoms with E-state index in [2.05, 4.69) is 108 Å². The molecule has 3 aromatic rings. The smallest absolute Gasteiger partial charge is 0.399 e. The van der Waals surface area contributed by atoms with Crippen molar-refractivity contribution < 1.29 is 9.31 Å². The first-order chi connectivity index (χ1) is 13.1. The standard InChI is InChI=1S/C24H29BO2Si/c1-23(2)24(3,4)27-25(26-23)20-12-15-21(16-13-20)28(5,6)22-14-11-18-9-7-8-10-19(18)17-22/h7-17H,1-6H3. The highest BCUT2D eigenvalue weighted by Gasteiger charge is 2.51. The van der Waals surface area contributed by atoms with E-state index in [1.54, 1.807) is 0 Å². The van der Waals surface area contributed by atoms with Crippen LogP contribution in [0.1, 0.15) is 27.7 Å². The van der Waals surface area contributed by atoms with Crippen LogP contribution in [0.4, 0.5) is 0 Å². The Morgan fingerprint density at radius 2 is 1.21 bits per heavy atom. The molecular formula is C24H29BO2Si. The van der Waals surface area contributed by atoms with Crippen molar-refractivity contribution in [3.63, 3.8) is 0 Å². The minimum absolute atomic E-state index is 0.301. The zero-order valence-electron chi connectivity index (χ0n) is 17.7. The van der Waals surface area contributed by atoms with Gasteiger partial charge in [0.05, 0.1) is 11.2 Å². The zero-order valence-corrected chi connectivity index (χ0v) is 18.7. The van der Waals surface area contributed by atoms with E-state index in [9.17, 15) is 0 Å². The quantitative estimate of drug-likeness (QED) is 0.633. The Morgan fingerprint density at radius 3 is 1.82 bits per heavy atom. The molecule has 4 rings (SSSR count). The van der Waals surface area contributed by atoms with Gasteiger partial charge in [-0.15, -0.1) is 0 Å². The second kappa shape index (κ2) is 6.58. The van der Waals surface area contributed by atoms with Gasteiger partial charge in [-0.05, 0) is 43.9 Å². The average Bonchev–Trinajstić information content (AvgIpc) is 2.89. The molecule has 144 valence electrons. The molecule has 2 nitrogen and oxygen atoms in total. The van der Waals surface area contributed by atoms with E-state index in [0.29, 0.717) is 0 Å². The maximum Gasteiger partial charge on any atom is 0.494 e. The molecule has 4 heteroatoms. The summed E-state index contributed by atoms with van der Waals surface area (Å²) in [5, 5.41) is 5.49. The van der Waals surface area contributed by atoms with Gasteiger partial charge in [0.25, 0.3) is 0 Å². The van der Waals surface area contributed by atoms with Gasteiger partial charge in [0.1, 0.15) is 8.07 Å². The normalized spacial score (nSPS) is 18.6. The van der Waals surface area contributed by atoms with Crippen molar-refractivity contribution in [2.75, 3.05) is 0 Å². The Bertz CT molecular complexity index is 993. The summed E-state index contributed by atoms with van der Waals surface area (Å²) in [4.78, 5) is 0. The van der Waals surface area contributed by atoms with E-state index >= 15 is 0 Å². The van der Waals surface area contributed by atoms with Gasteiger partial charge in [-0.1, -0.05) is 90.2 Å². The average molecular weight is 388 g/mol. The molecular weight excluding hydrogens is 359 g/mol. The van der Waals surface area contributed by atoms with Crippen LogP contribution >= 0.6 is 0 Å². The third-order valence-electron chi connectivity index (χ3n) is 6.63. The van der Waals surface area contributed by atoms with Crippen LogP contribution in [0.5, 0.6) is 0 Å². The molecule has 0 amide bonds.